The number of carbonyl (C=O) groups is 2. The highest BCUT2D eigenvalue weighted by Gasteiger charge is 2.35. The zero-order chi connectivity index (χ0) is 18.0. The first-order chi connectivity index (χ1) is 12.0. The highest BCUT2D eigenvalue weighted by molar-refractivity contribution is 6.31. The molecule has 6 heteroatoms. The van der Waals surface area contributed by atoms with Gasteiger partial charge in [0.05, 0.1) is 10.9 Å². The zero-order valence-electron chi connectivity index (χ0n) is 13.8. The third kappa shape index (κ3) is 3.66. The fraction of sp³-hybridized carbons (Fsp3) is 0.263. The van der Waals surface area contributed by atoms with Crippen LogP contribution in [-0.2, 0) is 16.0 Å². The number of nitrogens with one attached hydrogen (secondary N) is 1. The second-order valence-electron chi connectivity index (χ2n) is 6.01. The van der Waals surface area contributed by atoms with E-state index in [4.69, 9.17) is 11.6 Å². The first-order valence-corrected chi connectivity index (χ1v) is 8.51. The number of carbonyl (C=O) groups excluding carboxylic acids is 2. The lowest BCUT2D eigenvalue weighted by Gasteiger charge is -2.20. The van der Waals surface area contributed by atoms with Crippen molar-refractivity contribution in [3.05, 3.63) is 58.9 Å². The Kier molecular flexibility index (Phi) is 5.04. The van der Waals surface area contributed by atoms with Gasteiger partial charge >= 0.3 is 0 Å². The van der Waals surface area contributed by atoms with E-state index in [9.17, 15) is 14.0 Å². The van der Waals surface area contributed by atoms with Crippen LogP contribution in [0.25, 0.3) is 0 Å². The van der Waals surface area contributed by atoms with Gasteiger partial charge in [0, 0.05) is 24.3 Å². The van der Waals surface area contributed by atoms with Gasteiger partial charge in [-0.2, -0.15) is 0 Å². The number of rotatable bonds is 4. The Morgan fingerprint density at radius 1 is 1.32 bits per heavy atom. The van der Waals surface area contributed by atoms with Crippen LogP contribution in [0, 0.1) is 11.7 Å². The van der Waals surface area contributed by atoms with Crippen LogP contribution >= 0.6 is 11.6 Å². The second kappa shape index (κ2) is 7.23. The quantitative estimate of drug-likeness (QED) is 0.894. The van der Waals surface area contributed by atoms with Crippen molar-refractivity contribution in [3.8, 4) is 0 Å². The Hall–Kier alpha value is -2.40. The van der Waals surface area contributed by atoms with Crippen molar-refractivity contribution in [1.29, 1.82) is 0 Å². The molecule has 1 aliphatic rings. The molecule has 1 unspecified atom stereocenters. The standard InChI is InChI=1S/C19H18ClFN2O2/c1-2-12-5-3-4-6-17(12)23-11-13(9-18(23)24)19(25)22-14-7-8-16(21)15(20)10-14/h3-8,10,13H,2,9,11H2,1H3,(H,22,25). The van der Waals surface area contributed by atoms with Gasteiger partial charge in [-0.15, -0.1) is 0 Å². The summed E-state index contributed by atoms with van der Waals surface area (Å²) >= 11 is 5.73. The monoisotopic (exact) mass is 360 g/mol. The summed E-state index contributed by atoms with van der Waals surface area (Å²) in [5.41, 5.74) is 2.34. The molecule has 0 saturated carbocycles. The van der Waals surface area contributed by atoms with Gasteiger partial charge in [-0.3, -0.25) is 9.59 Å². The molecule has 25 heavy (non-hydrogen) atoms. The maximum absolute atomic E-state index is 13.2. The number of para-hydroxylation sites is 1. The molecule has 2 aromatic carbocycles. The number of hydrogen-bond donors (Lipinski definition) is 1. The normalized spacial score (nSPS) is 17.0. The smallest absolute Gasteiger partial charge is 0.229 e. The molecule has 0 aromatic heterocycles. The SMILES string of the molecule is CCc1ccccc1N1CC(C(=O)Nc2ccc(F)c(Cl)c2)CC1=O. The number of amides is 2. The van der Waals surface area contributed by atoms with Gasteiger partial charge in [-0.05, 0) is 36.2 Å². The lowest BCUT2D eigenvalue weighted by Crippen LogP contribution is -2.28. The maximum atomic E-state index is 13.2. The second-order valence-corrected chi connectivity index (χ2v) is 6.41. The molecule has 1 saturated heterocycles. The van der Waals surface area contributed by atoms with Crippen LogP contribution in [0.3, 0.4) is 0 Å². The minimum absolute atomic E-state index is 0.0567. The molecule has 1 heterocycles. The minimum Gasteiger partial charge on any atom is -0.326 e. The third-order valence-electron chi connectivity index (χ3n) is 4.35. The summed E-state index contributed by atoms with van der Waals surface area (Å²) in [5.74, 6) is -1.34. The number of benzene rings is 2. The molecular formula is C19H18ClFN2O2. The van der Waals surface area contributed by atoms with E-state index in [2.05, 4.69) is 5.32 Å². The van der Waals surface area contributed by atoms with E-state index in [0.29, 0.717) is 12.2 Å². The molecule has 1 atom stereocenters. The summed E-state index contributed by atoms with van der Waals surface area (Å²) in [4.78, 5) is 26.5. The summed E-state index contributed by atoms with van der Waals surface area (Å²) in [6, 6.07) is 11.7. The van der Waals surface area contributed by atoms with Crippen molar-refractivity contribution in [3.63, 3.8) is 0 Å². The lowest BCUT2D eigenvalue weighted by molar-refractivity contribution is -0.122. The number of nitrogens with zero attached hydrogens (tertiary/aromatic N) is 1. The Balaban J connectivity index is 1.73. The van der Waals surface area contributed by atoms with Crippen molar-refractivity contribution in [2.24, 2.45) is 5.92 Å². The Morgan fingerprint density at radius 2 is 2.08 bits per heavy atom. The van der Waals surface area contributed by atoms with Crippen LogP contribution in [0.2, 0.25) is 5.02 Å². The first kappa shape index (κ1) is 17.4. The molecule has 0 bridgehead atoms. The predicted octanol–water partition coefficient (Wildman–Crippen LogP) is 4.03. The molecule has 0 spiro atoms. The minimum atomic E-state index is -0.543. The highest BCUT2D eigenvalue weighted by Crippen LogP contribution is 2.29. The van der Waals surface area contributed by atoms with Gasteiger partial charge < -0.3 is 10.2 Å². The molecule has 4 nitrogen and oxygen atoms in total. The Bertz CT molecular complexity index is 825. The average molecular weight is 361 g/mol. The van der Waals surface area contributed by atoms with Crippen LogP contribution in [0.15, 0.2) is 42.5 Å². The maximum Gasteiger partial charge on any atom is 0.229 e. The van der Waals surface area contributed by atoms with E-state index in [1.54, 1.807) is 4.90 Å². The fourth-order valence-electron chi connectivity index (χ4n) is 3.01. The van der Waals surface area contributed by atoms with Gasteiger partial charge in [-0.1, -0.05) is 36.7 Å². The largest absolute Gasteiger partial charge is 0.326 e. The van der Waals surface area contributed by atoms with Crippen molar-refractivity contribution >= 4 is 34.8 Å². The van der Waals surface area contributed by atoms with E-state index in [-0.39, 0.29) is 23.3 Å². The highest BCUT2D eigenvalue weighted by atomic mass is 35.5. The predicted molar refractivity (Wildman–Crippen MR) is 96.3 cm³/mol. The summed E-state index contributed by atoms with van der Waals surface area (Å²) in [6.45, 7) is 2.36. The fourth-order valence-corrected chi connectivity index (χ4v) is 3.19. The lowest BCUT2D eigenvalue weighted by atomic mass is 10.1. The molecule has 0 radical (unpaired) electrons. The van der Waals surface area contributed by atoms with Gasteiger partial charge in [0.1, 0.15) is 5.82 Å². The molecule has 2 amide bonds. The Labute approximate surface area is 150 Å². The van der Waals surface area contributed by atoms with Gasteiger partial charge in [0.25, 0.3) is 0 Å². The van der Waals surface area contributed by atoms with Crippen LogP contribution in [0.5, 0.6) is 0 Å². The first-order valence-electron chi connectivity index (χ1n) is 8.13. The molecule has 1 fully saturated rings. The van der Waals surface area contributed by atoms with Gasteiger partial charge in [0.2, 0.25) is 11.8 Å². The van der Waals surface area contributed by atoms with Crippen molar-refractivity contribution in [2.75, 3.05) is 16.8 Å². The molecule has 130 valence electrons. The Morgan fingerprint density at radius 3 is 2.80 bits per heavy atom. The topological polar surface area (TPSA) is 49.4 Å². The van der Waals surface area contributed by atoms with Crippen LogP contribution in [-0.4, -0.2) is 18.4 Å². The third-order valence-corrected chi connectivity index (χ3v) is 4.64. The summed E-state index contributed by atoms with van der Waals surface area (Å²) in [5, 5.41) is 2.65. The van der Waals surface area contributed by atoms with E-state index < -0.39 is 11.7 Å². The molecule has 1 aliphatic heterocycles. The average Bonchev–Trinajstić information content (AvgIpc) is 3.00. The molecule has 0 aliphatic carbocycles. The molecular weight excluding hydrogens is 343 g/mol. The zero-order valence-corrected chi connectivity index (χ0v) is 14.5. The summed E-state index contributed by atoms with van der Waals surface area (Å²) in [7, 11) is 0. The summed E-state index contributed by atoms with van der Waals surface area (Å²) in [6.07, 6.45) is 0.962. The van der Waals surface area contributed by atoms with E-state index >= 15 is 0 Å². The van der Waals surface area contributed by atoms with Crippen LogP contribution in [0.1, 0.15) is 18.9 Å². The van der Waals surface area contributed by atoms with Crippen LogP contribution in [0.4, 0.5) is 15.8 Å². The van der Waals surface area contributed by atoms with Crippen molar-refractivity contribution in [2.45, 2.75) is 19.8 Å². The van der Waals surface area contributed by atoms with Gasteiger partial charge in [0.15, 0.2) is 0 Å². The van der Waals surface area contributed by atoms with Gasteiger partial charge in [-0.25, -0.2) is 4.39 Å². The summed E-state index contributed by atoms with van der Waals surface area (Å²) < 4.78 is 13.2. The van der Waals surface area contributed by atoms with Crippen LogP contribution < -0.4 is 10.2 Å². The number of halogens is 2. The van der Waals surface area contributed by atoms with Crippen molar-refractivity contribution in [1.82, 2.24) is 0 Å². The number of hydrogen-bond acceptors (Lipinski definition) is 2. The van der Waals surface area contributed by atoms with E-state index in [1.165, 1.54) is 18.2 Å². The number of anilines is 2. The van der Waals surface area contributed by atoms with E-state index in [1.807, 2.05) is 31.2 Å². The molecule has 3 rings (SSSR count). The van der Waals surface area contributed by atoms with E-state index in [0.717, 1.165) is 17.7 Å². The molecule has 2 aromatic rings. The number of aryl methyl sites for hydroxylation is 1. The van der Waals surface area contributed by atoms with Crippen molar-refractivity contribution < 1.29 is 14.0 Å². The molecule has 1 N–H and O–H groups in total.